The van der Waals surface area contributed by atoms with Gasteiger partial charge < -0.3 is 18.8 Å². The van der Waals surface area contributed by atoms with E-state index >= 15 is 0 Å². The van der Waals surface area contributed by atoms with E-state index in [1.54, 1.807) is 0 Å². The maximum Gasteiger partial charge on any atom is 0.743 e. The molecule has 5 nitrogen and oxygen atoms in total. The van der Waals surface area contributed by atoms with Crippen molar-refractivity contribution in [2.45, 2.75) is 6.92 Å². The lowest BCUT2D eigenvalue weighted by Gasteiger charge is -2.05. The van der Waals surface area contributed by atoms with E-state index in [4.69, 9.17) is 14.4 Å². The fraction of sp³-hybridized carbons (Fsp3) is 0.500. The summed E-state index contributed by atoms with van der Waals surface area (Å²) in [6.45, 7) is 0.963. The van der Waals surface area contributed by atoms with Crippen LogP contribution in [0.2, 0.25) is 0 Å². The highest BCUT2D eigenvalue weighted by Gasteiger charge is 2.34. The Balaban J connectivity index is 3.55. The zero-order valence-corrected chi connectivity index (χ0v) is 5.16. The summed E-state index contributed by atoms with van der Waals surface area (Å²) in [7, 11) is -4.57. The summed E-state index contributed by atoms with van der Waals surface area (Å²) >= 11 is 0. The molecular formula is C2H6O5Si. The molecule has 3 N–H and O–H groups in total. The second-order valence-corrected chi connectivity index (χ2v) is 2.52. The van der Waals surface area contributed by atoms with Crippen molar-refractivity contribution in [3.05, 3.63) is 0 Å². The van der Waals surface area contributed by atoms with Gasteiger partial charge in [-0.3, -0.25) is 4.79 Å². The number of rotatable bonds is 1. The van der Waals surface area contributed by atoms with E-state index in [9.17, 15) is 4.79 Å². The molecule has 0 amide bonds. The molecule has 0 saturated carbocycles. The predicted octanol–water partition coefficient (Wildman–Crippen LogP) is -2.04. The molecule has 0 rings (SSSR count). The molecule has 48 valence electrons. The van der Waals surface area contributed by atoms with Crippen LogP contribution in [0.3, 0.4) is 0 Å². The Morgan fingerprint density at radius 2 is 1.88 bits per heavy atom. The number of hydrogen-bond acceptors (Lipinski definition) is 5. The van der Waals surface area contributed by atoms with Gasteiger partial charge in [0.2, 0.25) is 0 Å². The van der Waals surface area contributed by atoms with Crippen LogP contribution >= 0.6 is 0 Å². The zero-order valence-electron chi connectivity index (χ0n) is 4.16. The molecule has 0 saturated heterocycles. The number of carbonyl (C=O) groups is 1. The lowest BCUT2D eigenvalue weighted by molar-refractivity contribution is -0.138. The molecule has 0 heterocycles. The predicted molar refractivity (Wildman–Crippen MR) is 24.2 cm³/mol. The minimum absolute atomic E-state index is 0.913. The first-order chi connectivity index (χ1) is 3.42. The first-order valence-electron chi connectivity index (χ1n) is 1.78. The summed E-state index contributed by atoms with van der Waals surface area (Å²) in [6.07, 6.45) is 0. The number of hydrogen-bond donors (Lipinski definition) is 3. The largest absolute Gasteiger partial charge is 0.743 e. The molecule has 0 spiro atoms. The molecule has 0 aromatic heterocycles. The van der Waals surface area contributed by atoms with Crippen LogP contribution in [0.25, 0.3) is 0 Å². The average Bonchev–Trinajstić information content (AvgIpc) is 1.21. The van der Waals surface area contributed by atoms with Crippen molar-refractivity contribution in [2.75, 3.05) is 0 Å². The van der Waals surface area contributed by atoms with Gasteiger partial charge in [0.05, 0.1) is 0 Å². The van der Waals surface area contributed by atoms with E-state index in [0.29, 0.717) is 0 Å². The Morgan fingerprint density at radius 1 is 1.50 bits per heavy atom. The van der Waals surface area contributed by atoms with Crippen molar-refractivity contribution in [3.8, 4) is 0 Å². The summed E-state index contributed by atoms with van der Waals surface area (Å²) in [5, 5.41) is 0. The van der Waals surface area contributed by atoms with Crippen LogP contribution in [-0.2, 0) is 9.22 Å². The Kier molecular flexibility index (Phi) is 2.10. The Hall–Kier alpha value is -0.433. The van der Waals surface area contributed by atoms with Crippen molar-refractivity contribution in [1.82, 2.24) is 0 Å². The van der Waals surface area contributed by atoms with Gasteiger partial charge in [0.1, 0.15) is 0 Å². The monoisotopic (exact) mass is 138 g/mol. The summed E-state index contributed by atoms with van der Waals surface area (Å²) in [4.78, 5) is 33.8. The average molecular weight is 138 g/mol. The highest BCUT2D eigenvalue weighted by molar-refractivity contribution is 6.50. The molecule has 0 unspecified atom stereocenters. The van der Waals surface area contributed by atoms with Gasteiger partial charge in [-0.15, -0.1) is 0 Å². The van der Waals surface area contributed by atoms with E-state index in [1.807, 2.05) is 0 Å². The smallest absolute Gasteiger partial charge is 0.452 e. The highest BCUT2D eigenvalue weighted by Crippen LogP contribution is 1.87. The van der Waals surface area contributed by atoms with E-state index < -0.39 is 15.0 Å². The summed E-state index contributed by atoms with van der Waals surface area (Å²) in [6, 6.07) is 0. The molecule has 0 aliphatic rings. The van der Waals surface area contributed by atoms with Crippen LogP contribution in [-0.4, -0.2) is 29.4 Å². The molecule has 0 fully saturated rings. The Labute approximate surface area is 46.6 Å². The zero-order chi connectivity index (χ0) is 6.78. The third kappa shape index (κ3) is 5.57. The molecule has 0 aliphatic carbocycles. The van der Waals surface area contributed by atoms with Gasteiger partial charge in [0.15, 0.2) is 0 Å². The fourth-order valence-corrected chi connectivity index (χ4v) is 0.578. The van der Waals surface area contributed by atoms with E-state index in [0.717, 1.165) is 6.92 Å². The minimum atomic E-state index is -4.57. The molecule has 0 atom stereocenters. The van der Waals surface area contributed by atoms with Crippen molar-refractivity contribution < 1.29 is 23.6 Å². The van der Waals surface area contributed by atoms with Crippen LogP contribution in [0.5, 0.6) is 0 Å². The van der Waals surface area contributed by atoms with Gasteiger partial charge in [0.25, 0.3) is 5.97 Å². The van der Waals surface area contributed by atoms with Crippen molar-refractivity contribution in [1.29, 1.82) is 0 Å². The van der Waals surface area contributed by atoms with Crippen molar-refractivity contribution in [3.63, 3.8) is 0 Å². The molecule has 0 radical (unpaired) electrons. The quantitative estimate of drug-likeness (QED) is 0.363. The highest BCUT2D eigenvalue weighted by atomic mass is 28.4. The molecule has 0 aliphatic heterocycles. The number of carbonyl (C=O) groups excluding carboxylic acids is 1. The molecule has 0 aromatic rings. The standard InChI is InChI=1S/C2H6O5Si/c1-2(3)7-8(4,5)6/h4-6H,1H3. The first kappa shape index (κ1) is 7.57. The van der Waals surface area contributed by atoms with E-state index in [1.165, 1.54) is 0 Å². The van der Waals surface area contributed by atoms with E-state index in [-0.39, 0.29) is 0 Å². The van der Waals surface area contributed by atoms with Gasteiger partial charge in [-0.1, -0.05) is 0 Å². The Bertz CT molecular complexity index is 93.1. The van der Waals surface area contributed by atoms with Crippen molar-refractivity contribution in [2.24, 2.45) is 0 Å². The van der Waals surface area contributed by atoms with Crippen LogP contribution in [0, 0.1) is 0 Å². The fourth-order valence-electron chi connectivity index (χ4n) is 0.193. The molecule has 0 aromatic carbocycles. The van der Waals surface area contributed by atoms with Gasteiger partial charge >= 0.3 is 9.05 Å². The van der Waals surface area contributed by atoms with Gasteiger partial charge in [-0.2, -0.15) is 0 Å². The molecular weight excluding hydrogens is 132 g/mol. The second-order valence-electron chi connectivity index (χ2n) is 1.17. The lowest BCUT2D eigenvalue weighted by atomic mass is 10.9. The van der Waals surface area contributed by atoms with Gasteiger partial charge in [-0.25, -0.2) is 0 Å². The van der Waals surface area contributed by atoms with E-state index in [2.05, 4.69) is 4.43 Å². The topological polar surface area (TPSA) is 87.0 Å². The summed E-state index contributed by atoms with van der Waals surface area (Å²) in [5.41, 5.74) is 0. The van der Waals surface area contributed by atoms with Crippen molar-refractivity contribution >= 4 is 15.0 Å². The maximum absolute atomic E-state index is 9.79. The maximum atomic E-state index is 9.79. The van der Waals surface area contributed by atoms with Crippen LogP contribution in [0.15, 0.2) is 0 Å². The normalized spacial score (nSPS) is 11.0. The molecule has 8 heavy (non-hydrogen) atoms. The Morgan fingerprint density at radius 3 is 1.88 bits per heavy atom. The van der Waals surface area contributed by atoms with Crippen LogP contribution in [0.1, 0.15) is 6.92 Å². The third-order valence-corrected chi connectivity index (χ3v) is 0.842. The van der Waals surface area contributed by atoms with Crippen LogP contribution in [0.4, 0.5) is 0 Å². The van der Waals surface area contributed by atoms with Gasteiger partial charge in [0, 0.05) is 6.92 Å². The minimum Gasteiger partial charge on any atom is -0.452 e. The SMILES string of the molecule is CC(=O)O[Si](O)(O)O. The van der Waals surface area contributed by atoms with Gasteiger partial charge in [-0.05, 0) is 0 Å². The third-order valence-electron chi connectivity index (χ3n) is 0.281. The summed E-state index contributed by atoms with van der Waals surface area (Å²) < 4.78 is 3.60. The second kappa shape index (κ2) is 2.22. The first-order valence-corrected chi connectivity index (χ1v) is 3.53. The van der Waals surface area contributed by atoms with Crippen LogP contribution < -0.4 is 0 Å². The lowest BCUT2D eigenvalue weighted by Crippen LogP contribution is -2.40. The molecule has 0 bridgehead atoms. The molecule has 6 heteroatoms. The summed E-state index contributed by atoms with van der Waals surface area (Å²) in [5.74, 6) is -0.913.